The van der Waals surface area contributed by atoms with Gasteiger partial charge in [0.25, 0.3) is 5.91 Å². The Labute approximate surface area is 202 Å². The molecule has 3 aromatic carbocycles. The molecular formula is C29H33NO4. The van der Waals surface area contributed by atoms with Crippen LogP contribution in [0.1, 0.15) is 63.0 Å². The molecule has 178 valence electrons. The lowest BCUT2D eigenvalue weighted by molar-refractivity contribution is -0.119. The highest BCUT2D eigenvalue weighted by atomic mass is 16.5. The van der Waals surface area contributed by atoms with E-state index in [4.69, 9.17) is 9.47 Å². The van der Waals surface area contributed by atoms with Crippen LogP contribution in [0.5, 0.6) is 11.5 Å². The highest BCUT2D eigenvalue weighted by Crippen LogP contribution is 2.31. The fourth-order valence-corrected chi connectivity index (χ4v) is 3.29. The molecule has 1 N–H and O–H groups in total. The zero-order valence-electron chi connectivity index (χ0n) is 20.8. The van der Waals surface area contributed by atoms with E-state index in [-0.39, 0.29) is 10.8 Å². The number of rotatable bonds is 6. The van der Waals surface area contributed by atoms with Crippen LogP contribution >= 0.6 is 0 Å². The van der Waals surface area contributed by atoms with E-state index in [0.29, 0.717) is 22.7 Å². The predicted molar refractivity (Wildman–Crippen MR) is 136 cm³/mol. The van der Waals surface area contributed by atoms with Gasteiger partial charge in [-0.1, -0.05) is 77.9 Å². The molecule has 0 saturated carbocycles. The number of carbonyl (C=O) groups is 2. The molecule has 3 rings (SSSR count). The number of esters is 1. The summed E-state index contributed by atoms with van der Waals surface area (Å²) in [6.07, 6.45) is 0. The van der Waals surface area contributed by atoms with E-state index in [0.717, 1.165) is 11.1 Å². The minimum atomic E-state index is -0.527. The smallest absolute Gasteiger partial charge is 0.338 e. The Hall–Kier alpha value is -3.60. The molecule has 0 spiro atoms. The van der Waals surface area contributed by atoms with Crippen molar-refractivity contribution in [3.05, 3.63) is 89.5 Å². The quantitative estimate of drug-likeness (QED) is 0.409. The fourth-order valence-electron chi connectivity index (χ4n) is 3.29. The van der Waals surface area contributed by atoms with Crippen molar-refractivity contribution in [2.45, 2.75) is 52.4 Å². The molecule has 34 heavy (non-hydrogen) atoms. The molecule has 0 aromatic heterocycles. The minimum Gasteiger partial charge on any atom is -0.455 e. The van der Waals surface area contributed by atoms with Gasteiger partial charge >= 0.3 is 5.97 Å². The highest BCUT2D eigenvalue weighted by molar-refractivity contribution is 5.96. The standard InChI is InChI=1S/C29H33NO4/c1-28(2,3)21-16-20(17-22(18-21)29(4,5)6)27(32)33-19-26(31)30-24-14-10-11-15-25(24)34-23-12-8-7-9-13-23/h7-18H,19H2,1-6H3,(H,30,31). The molecule has 0 fully saturated rings. The van der Waals surface area contributed by atoms with Gasteiger partial charge in [-0.05, 0) is 58.4 Å². The van der Waals surface area contributed by atoms with Crippen molar-refractivity contribution < 1.29 is 19.1 Å². The average Bonchev–Trinajstić information content (AvgIpc) is 2.78. The molecule has 0 heterocycles. The summed E-state index contributed by atoms with van der Waals surface area (Å²) in [7, 11) is 0. The molecule has 3 aromatic rings. The van der Waals surface area contributed by atoms with Gasteiger partial charge in [0.1, 0.15) is 5.75 Å². The third kappa shape index (κ3) is 6.70. The van der Waals surface area contributed by atoms with E-state index in [2.05, 4.69) is 52.9 Å². The predicted octanol–water partition coefficient (Wildman–Crippen LogP) is 6.87. The van der Waals surface area contributed by atoms with E-state index in [9.17, 15) is 9.59 Å². The van der Waals surface area contributed by atoms with Crippen LogP contribution < -0.4 is 10.1 Å². The van der Waals surface area contributed by atoms with Crippen molar-refractivity contribution in [3.63, 3.8) is 0 Å². The molecular weight excluding hydrogens is 426 g/mol. The summed E-state index contributed by atoms with van der Waals surface area (Å²) >= 11 is 0. The Morgan fingerprint density at radius 1 is 0.765 bits per heavy atom. The summed E-state index contributed by atoms with van der Waals surface area (Å²) in [5.74, 6) is 0.186. The Bertz CT molecular complexity index is 1120. The number of para-hydroxylation sites is 3. The molecule has 0 atom stereocenters. The minimum absolute atomic E-state index is 0.129. The molecule has 0 radical (unpaired) electrons. The lowest BCUT2D eigenvalue weighted by atomic mass is 9.79. The SMILES string of the molecule is CC(C)(C)c1cc(C(=O)OCC(=O)Nc2ccccc2Oc2ccccc2)cc(C(C)(C)C)c1. The Balaban J connectivity index is 1.70. The Morgan fingerprint density at radius 3 is 1.91 bits per heavy atom. The van der Waals surface area contributed by atoms with Crippen LogP contribution in [0, 0.1) is 0 Å². The van der Waals surface area contributed by atoms with Crippen LogP contribution in [0.2, 0.25) is 0 Å². The van der Waals surface area contributed by atoms with Gasteiger partial charge in [0.15, 0.2) is 12.4 Å². The highest BCUT2D eigenvalue weighted by Gasteiger charge is 2.23. The van der Waals surface area contributed by atoms with E-state index in [1.54, 1.807) is 18.2 Å². The summed E-state index contributed by atoms with van der Waals surface area (Å²) in [4.78, 5) is 25.4. The summed E-state index contributed by atoms with van der Waals surface area (Å²) in [5.41, 5.74) is 2.77. The maximum atomic E-state index is 12.8. The van der Waals surface area contributed by atoms with Crippen molar-refractivity contribution in [3.8, 4) is 11.5 Å². The normalized spacial score (nSPS) is 11.6. The Kier molecular flexibility index (Phi) is 7.45. The number of carbonyl (C=O) groups excluding carboxylic acids is 2. The topological polar surface area (TPSA) is 64.6 Å². The van der Waals surface area contributed by atoms with Gasteiger partial charge in [0.05, 0.1) is 11.3 Å². The lowest BCUT2D eigenvalue weighted by Gasteiger charge is -2.25. The number of hydrogen-bond donors (Lipinski definition) is 1. The van der Waals surface area contributed by atoms with Gasteiger partial charge in [-0.3, -0.25) is 4.79 Å². The van der Waals surface area contributed by atoms with E-state index < -0.39 is 18.5 Å². The van der Waals surface area contributed by atoms with Gasteiger partial charge in [0.2, 0.25) is 0 Å². The molecule has 0 aliphatic rings. The first-order chi connectivity index (χ1) is 15.9. The second kappa shape index (κ2) is 10.1. The number of anilines is 1. The van der Waals surface area contributed by atoms with E-state index >= 15 is 0 Å². The van der Waals surface area contributed by atoms with Gasteiger partial charge in [-0.2, -0.15) is 0 Å². The van der Waals surface area contributed by atoms with Gasteiger partial charge < -0.3 is 14.8 Å². The molecule has 0 bridgehead atoms. The first-order valence-electron chi connectivity index (χ1n) is 11.4. The van der Waals surface area contributed by atoms with Crippen LogP contribution in [0.15, 0.2) is 72.8 Å². The summed E-state index contributed by atoms with van der Waals surface area (Å²) in [6, 6.07) is 22.2. The lowest BCUT2D eigenvalue weighted by Crippen LogP contribution is -2.22. The van der Waals surface area contributed by atoms with Crippen molar-refractivity contribution in [2.75, 3.05) is 11.9 Å². The molecule has 5 nitrogen and oxygen atoms in total. The van der Waals surface area contributed by atoms with E-state index in [1.807, 2.05) is 48.5 Å². The second-order valence-corrected chi connectivity index (χ2v) is 10.3. The van der Waals surface area contributed by atoms with Crippen molar-refractivity contribution in [1.29, 1.82) is 0 Å². The number of benzene rings is 3. The summed E-state index contributed by atoms with van der Waals surface area (Å²) < 4.78 is 11.2. The van der Waals surface area contributed by atoms with Crippen molar-refractivity contribution in [2.24, 2.45) is 0 Å². The van der Waals surface area contributed by atoms with Crippen LogP contribution in [-0.4, -0.2) is 18.5 Å². The largest absolute Gasteiger partial charge is 0.455 e. The number of hydrogen-bond acceptors (Lipinski definition) is 4. The fraction of sp³-hybridized carbons (Fsp3) is 0.310. The molecule has 0 aliphatic heterocycles. The van der Waals surface area contributed by atoms with Gasteiger partial charge in [0, 0.05) is 0 Å². The van der Waals surface area contributed by atoms with E-state index in [1.165, 1.54) is 0 Å². The number of nitrogens with one attached hydrogen (secondary N) is 1. The molecule has 0 saturated heterocycles. The first-order valence-corrected chi connectivity index (χ1v) is 11.4. The van der Waals surface area contributed by atoms with Crippen LogP contribution in [0.4, 0.5) is 5.69 Å². The summed E-state index contributed by atoms with van der Waals surface area (Å²) in [6.45, 7) is 12.2. The molecule has 0 unspecified atom stereocenters. The van der Waals surface area contributed by atoms with Crippen molar-refractivity contribution in [1.82, 2.24) is 0 Å². The first kappa shape index (κ1) is 25.0. The maximum Gasteiger partial charge on any atom is 0.338 e. The zero-order chi connectivity index (χ0) is 24.9. The third-order valence-corrected chi connectivity index (χ3v) is 5.37. The third-order valence-electron chi connectivity index (χ3n) is 5.37. The second-order valence-electron chi connectivity index (χ2n) is 10.3. The maximum absolute atomic E-state index is 12.8. The van der Waals surface area contributed by atoms with Crippen molar-refractivity contribution >= 4 is 17.6 Å². The monoisotopic (exact) mass is 459 g/mol. The number of ether oxygens (including phenoxy) is 2. The molecule has 0 aliphatic carbocycles. The van der Waals surface area contributed by atoms with Crippen LogP contribution in [-0.2, 0) is 20.4 Å². The van der Waals surface area contributed by atoms with Crippen LogP contribution in [0.25, 0.3) is 0 Å². The summed E-state index contributed by atoms with van der Waals surface area (Å²) in [5, 5.41) is 2.77. The van der Waals surface area contributed by atoms with Gasteiger partial charge in [-0.15, -0.1) is 0 Å². The zero-order valence-corrected chi connectivity index (χ0v) is 20.8. The molecule has 5 heteroatoms. The van der Waals surface area contributed by atoms with Gasteiger partial charge in [-0.25, -0.2) is 4.79 Å². The Morgan fingerprint density at radius 2 is 1.32 bits per heavy atom. The average molecular weight is 460 g/mol. The van der Waals surface area contributed by atoms with Crippen LogP contribution in [0.3, 0.4) is 0 Å². The molecule has 1 amide bonds. The number of amides is 1.